The van der Waals surface area contributed by atoms with E-state index in [4.69, 9.17) is 10.5 Å². The molecule has 0 aromatic heterocycles. The molecule has 1 amide bonds. The van der Waals surface area contributed by atoms with Gasteiger partial charge in [-0.1, -0.05) is 12.2 Å². The molecular formula is C10H16N2O3S. The Labute approximate surface area is 99.9 Å². The Morgan fingerprint density at radius 2 is 2.12 bits per heavy atom. The van der Waals surface area contributed by atoms with Crippen molar-refractivity contribution in [2.45, 2.75) is 32.2 Å². The molecule has 0 atom stereocenters. The molecule has 0 heterocycles. The molecule has 6 heteroatoms. The average molecular weight is 244 g/mol. The van der Waals surface area contributed by atoms with Gasteiger partial charge in [0.2, 0.25) is 5.91 Å². The highest BCUT2D eigenvalue weighted by molar-refractivity contribution is 7.80. The predicted molar refractivity (Wildman–Crippen MR) is 62.8 cm³/mol. The number of thiocarbonyl (C=S) groups is 1. The van der Waals surface area contributed by atoms with Crippen molar-refractivity contribution in [1.82, 2.24) is 4.90 Å². The summed E-state index contributed by atoms with van der Waals surface area (Å²) in [5.74, 6) is -0.575. The van der Waals surface area contributed by atoms with Gasteiger partial charge in [0.15, 0.2) is 0 Å². The SMILES string of the molecule is CCOC(=O)CN(C(=O)CC(N)=S)C1CC1. The van der Waals surface area contributed by atoms with Gasteiger partial charge in [-0.2, -0.15) is 0 Å². The normalized spacial score (nSPS) is 14.3. The Morgan fingerprint density at radius 1 is 1.50 bits per heavy atom. The number of hydrogen-bond acceptors (Lipinski definition) is 4. The van der Waals surface area contributed by atoms with Crippen molar-refractivity contribution >= 4 is 29.1 Å². The van der Waals surface area contributed by atoms with Gasteiger partial charge in [0.25, 0.3) is 0 Å². The van der Waals surface area contributed by atoms with E-state index >= 15 is 0 Å². The molecule has 0 aliphatic heterocycles. The van der Waals surface area contributed by atoms with Crippen molar-refractivity contribution in [3.8, 4) is 0 Å². The van der Waals surface area contributed by atoms with Gasteiger partial charge in [-0.25, -0.2) is 0 Å². The van der Waals surface area contributed by atoms with E-state index in [9.17, 15) is 9.59 Å². The number of carbonyl (C=O) groups is 2. The van der Waals surface area contributed by atoms with Gasteiger partial charge in [0, 0.05) is 6.04 Å². The van der Waals surface area contributed by atoms with Crippen LogP contribution in [0.3, 0.4) is 0 Å². The van der Waals surface area contributed by atoms with E-state index in [2.05, 4.69) is 12.2 Å². The number of nitrogens with two attached hydrogens (primary N) is 1. The van der Waals surface area contributed by atoms with Crippen LogP contribution in [0.15, 0.2) is 0 Å². The van der Waals surface area contributed by atoms with Crippen molar-refractivity contribution in [1.29, 1.82) is 0 Å². The fourth-order valence-corrected chi connectivity index (χ4v) is 1.53. The Kier molecular flexibility index (Phi) is 4.67. The summed E-state index contributed by atoms with van der Waals surface area (Å²) in [6, 6.07) is 0.159. The second kappa shape index (κ2) is 5.79. The number of ether oxygens (including phenoxy) is 1. The molecule has 0 aromatic rings. The lowest BCUT2D eigenvalue weighted by Gasteiger charge is -2.20. The van der Waals surface area contributed by atoms with Crippen molar-refractivity contribution in [3.63, 3.8) is 0 Å². The maximum atomic E-state index is 11.7. The lowest BCUT2D eigenvalue weighted by molar-refractivity contribution is -0.149. The van der Waals surface area contributed by atoms with Crippen LogP contribution in [-0.4, -0.2) is 41.0 Å². The summed E-state index contributed by atoms with van der Waals surface area (Å²) in [5.41, 5.74) is 5.31. The molecule has 5 nitrogen and oxygen atoms in total. The van der Waals surface area contributed by atoms with Crippen LogP contribution in [0.25, 0.3) is 0 Å². The Bertz CT molecular complexity index is 302. The van der Waals surface area contributed by atoms with Crippen LogP contribution < -0.4 is 5.73 Å². The average Bonchev–Trinajstić information content (AvgIpc) is 2.96. The van der Waals surface area contributed by atoms with Crippen molar-refractivity contribution in [2.24, 2.45) is 5.73 Å². The highest BCUT2D eigenvalue weighted by atomic mass is 32.1. The van der Waals surface area contributed by atoms with Gasteiger partial charge >= 0.3 is 5.97 Å². The third-order valence-corrected chi connectivity index (χ3v) is 2.38. The first-order valence-electron chi connectivity index (χ1n) is 5.28. The monoisotopic (exact) mass is 244 g/mol. The Balaban J connectivity index is 2.50. The third-order valence-electron chi connectivity index (χ3n) is 2.24. The summed E-state index contributed by atoms with van der Waals surface area (Å²) in [4.78, 5) is 24.7. The maximum absolute atomic E-state index is 11.7. The van der Waals surface area contributed by atoms with Gasteiger partial charge in [0.1, 0.15) is 6.54 Å². The molecule has 90 valence electrons. The van der Waals surface area contributed by atoms with Gasteiger partial charge < -0.3 is 15.4 Å². The minimum Gasteiger partial charge on any atom is -0.465 e. The molecule has 2 N–H and O–H groups in total. The Morgan fingerprint density at radius 3 is 2.56 bits per heavy atom. The molecule has 0 spiro atoms. The van der Waals surface area contributed by atoms with Crippen LogP contribution in [0.4, 0.5) is 0 Å². The van der Waals surface area contributed by atoms with Crippen LogP contribution >= 0.6 is 12.2 Å². The summed E-state index contributed by atoms with van der Waals surface area (Å²) < 4.78 is 4.81. The van der Waals surface area contributed by atoms with E-state index in [0.29, 0.717) is 6.61 Å². The van der Waals surface area contributed by atoms with E-state index in [0.717, 1.165) is 12.8 Å². The van der Waals surface area contributed by atoms with Gasteiger partial charge in [-0.05, 0) is 19.8 Å². The number of hydrogen-bond donors (Lipinski definition) is 1. The van der Waals surface area contributed by atoms with Crippen molar-refractivity contribution in [3.05, 3.63) is 0 Å². The van der Waals surface area contributed by atoms with Crippen LogP contribution in [0.5, 0.6) is 0 Å². The molecule has 1 saturated carbocycles. The summed E-state index contributed by atoms with van der Waals surface area (Å²) in [7, 11) is 0. The first-order chi connectivity index (χ1) is 7.54. The largest absolute Gasteiger partial charge is 0.465 e. The number of nitrogens with zero attached hydrogens (tertiary/aromatic N) is 1. The molecule has 16 heavy (non-hydrogen) atoms. The Hall–Kier alpha value is -1.17. The quantitative estimate of drug-likeness (QED) is 0.534. The molecule has 1 fully saturated rings. The molecular weight excluding hydrogens is 228 g/mol. The molecule has 0 radical (unpaired) electrons. The first kappa shape index (κ1) is 12.9. The van der Waals surface area contributed by atoms with Crippen molar-refractivity contribution < 1.29 is 14.3 Å². The van der Waals surface area contributed by atoms with Crippen LogP contribution in [0.1, 0.15) is 26.2 Å². The summed E-state index contributed by atoms with van der Waals surface area (Å²) in [6.07, 6.45) is 1.89. The van der Waals surface area contributed by atoms with E-state index in [1.165, 1.54) is 4.90 Å². The van der Waals surface area contributed by atoms with Gasteiger partial charge in [0.05, 0.1) is 18.0 Å². The molecule has 1 aliphatic rings. The molecule has 0 bridgehead atoms. The van der Waals surface area contributed by atoms with Crippen molar-refractivity contribution in [2.75, 3.05) is 13.2 Å². The number of carbonyl (C=O) groups excluding carboxylic acids is 2. The molecule has 0 saturated heterocycles. The molecule has 1 aliphatic carbocycles. The third kappa shape index (κ3) is 4.14. The summed E-state index contributed by atoms with van der Waals surface area (Å²) in [6.45, 7) is 2.05. The van der Waals surface area contributed by atoms with Gasteiger partial charge in [-0.15, -0.1) is 0 Å². The number of esters is 1. The van der Waals surface area contributed by atoms with E-state index in [1.54, 1.807) is 6.92 Å². The molecule has 0 aromatic carbocycles. The zero-order valence-electron chi connectivity index (χ0n) is 9.27. The van der Waals surface area contributed by atoms with E-state index in [-0.39, 0.29) is 35.9 Å². The minimum absolute atomic E-state index is 0.0000463. The summed E-state index contributed by atoms with van der Waals surface area (Å²) in [5, 5.41) is 0. The maximum Gasteiger partial charge on any atom is 0.325 e. The summed E-state index contributed by atoms with van der Waals surface area (Å²) >= 11 is 4.68. The molecule has 0 unspecified atom stereocenters. The molecule has 1 rings (SSSR count). The first-order valence-corrected chi connectivity index (χ1v) is 5.68. The second-order valence-corrected chi connectivity index (χ2v) is 4.23. The predicted octanol–water partition coefficient (Wildman–Crippen LogP) is 0.217. The van der Waals surface area contributed by atoms with Gasteiger partial charge in [-0.3, -0.25) is 9.59 Å². The topological polar surface area (TPSA) is 72.6 Å². The van der Waals surface area contributed by atoms with E-state index in [1.807, 2.05) is 0 Å². The highest BCUT2D eigenvalue weighted by Gasteiger charge is 2.34. The second-order valence-electron chi connectivity index (χ2n) is 3.70. The van der Waals surface area contributed by atoms with Crippen LogP contribution in [0.2, 0.25) is 0 Å². The minimum atomic E-state index is -0.384. The van der Waals surface area contributed by atoms with Crippen LogP contribution in [0, 0.1) is 0 Å². The zero-order valence-corrected chi connectivity index (χ0v) is 10.1. The lowest BCUT2D eigenvalue weighted by Crippen LogP contribution is -2.39. The smallest absolute Gasteiger partial charge is 0.325 e. The standard InChI is InChI=1S/C10H16N2O3S/c1-2-15-10(14)6-12(7-3-4-7)9(13)5-8(11)16/h7H,2-6H2,1H3,(H2,11,16). The van der Waals surface area contributed by atoms with E-state index < -0.39 is 0 Å². The fraction of sp³-hybridized carbons (Fsp3) is 0.700. The zero-order chi connectivity index (χ0) is 12.1. The highest BCUT2D eigenvalue weighted by Crippen LogP contribution is 2.27. The lowest BCUT2D eigenvalue weighted by atomic mass is 10.3. The number of amides is 1. The number of rotatable bonds is 6. The van der Waals surface area contributed by atoms with Crippen LogP contribution in [-0.2, 0) is 14.3 Å². The fourth-order valence-electron chi connectivity index (χ4n) is 1.40.